The van der Waals surface area contributed by atoms with E-state index in [0.29, 0.717) is 13.0 Å². The minimum atomic E-state index is -0.335. The summed E-state index contributed by atoms with van der Waals surface area (Å²) in [6, 6.07) is 7.57. The first kappa shape index (κ1) is 17.5. The van der Waals surface area contributed by atoms with Crippen molar-refractivity contribution >= 4 is 11.8 Å². The van der Waals surface area contributed by atoms with Gasteiger partial charge in [0.2, 0.25) is 11.8 Å². The minimum Gasteiger partial charge on any atom is -0.354 e. The number of carbonyl (C=O) groups is 2. The number of carbonyl (C=O) groups excluding carboxylic acids is 2. The molecule has 2 amide bonds. The van der Waals surface area contributed by atoms with E-state index in [4.69, 9.17) is 0 Å². The fourth-order valence-corrected chi connectivity index (χ4v) is 3.06. The fourth-order valence-electron chi connectivity index (χ4n) is 3.06. The number of likely N-dealkylation sites (tertiary alicyclic amines) is 1. The lowest BCUT2D eigenvalue weighted by molar-refractivity contribution is -0.130. The molecule has 1 aliphatic heterocycles. The first-order valence-electron chi connectivity index (χ1n) is 8.28. The van der Waals surface area contributed by atoms with Crippen molar-refractivity contribution in [3.63, 3.8) is 0 Å². The summed E-state index contributed by atoms with van der Waals surface area (Å²) < 4.78 is 0. The van der Waals surface area contributed by atoms with E-state index in [2.05, 4.69) is 5.32 Å². The van der Waals surface area contributed by atoms with E-state index in [1.807, 2.05) is 55.1 Å². The molecule has 5 nitrogen and oxygen atoms in total. The first-order chi connectivity index (χ1) is 11.0. The van der Waals surface area contributed by atoms with Crippen LogP contribution in [0.25, 0.3) is 0 Å². The SMILES string of the molecule is Cc1ccccc1[C@H](C(=O)NCCC(=O)N1CCCC1)N(C)C. The van der Waals surface area contributed by atoms with Crippen molar-refractivity contribution in [2.24, 2.45) is 0 Å². The van der Waals surface area contributed by atoms with E-state index in [1.165, 1.54) is 0 Å². The van der Waals surface area contributed by atoms with Gasteiger partial charge in [0.25, 0.3) is 0 Å². The summed E-state index contributed by atoms with van der Waals surface area (Å²) in [4.78, 5) is 28.4. The molecule has 1 N–H and O–H groups in total. The molecule has 1 aromatic carbocycles. The van der Waals surface area contributed by atoms with E-state index in [9.17, 15) is 9.59 Å². The highest BCUT2D eigenvalue weighted by atomic mass is 16.2. The molecule has 23 heavy (non-hydrogen) atoms. The predicted octanol–water partition coefficient (Wildman–Crippen LogP) is 1.73. The van der Waals surface area contributed by atoms with Gasteiger partial charge in [-0.3, -0.25) is 14.5 Å². The molecular formula is C18H27N3O2. The average molecular weight is 317 g/mol. The molecule has 0 bridgehead atoms. The maximum Gasteiger partial charge on any atom is 0.241 e. The number of rotatable bonds is 6. The molecule has 1 aliphatic rings. The zero-order chi connectivity index (χ0) is 16.8. The third kappa shape index (κ3) is 4.55. The highest BCUT2D eigenvalue weighted by molar-refractivity contribution is 5.84. The summed E-state index contributed by atoms with van der Waals surface area (Å²) >= 11 is 0. The standard InChI is InChI=1S/C18H27N3O2/c1-14-8-4-5-9-15(14)17(20(2)3)18(23)19-11-10-16(22)21-12-6-7-13-21/h4-5,8-9,17H,6-7,10-13H2,1-3H3,(H,19,23)/t17-/m1/s1. The number of hydrogen-bond donors (Lipinski definition) is 1. The van der Waals surface area contributed by atoms with E-state index >= 15 is 0 Å². The van der Waals surface area contributed by atoms with Crippen molar-refractivity contribution in [2.45, 2.75) is 32.2 Å². The van der Waals surface area contributed by atoms with Crippen molar-refractivity contribution in [2.75, 3.05) is 33.7 Å². The van der Waals surface area contributed by atoms with Crippen LogP contribution in [0.3, 0.4) is 0 Å². The number of benzene rings is 1. The van der Waals surface area contributed by atoms with Gasteiger partial charge in [0.05, 0.1) is 0 Å². The molecule has 1 saturated heterocycles. The van der Waals surface area contributed by atoms with Gasteiger partial charge < -0.3 is 10.2 Å². The second-order valence-corrected chi connectivity index (χ2v) is 6.35. The molecule has 1 atom stereocenters. The molecule has 1 fully saturated rings. The van der Waals surface area contributed by atoms with Crippen LogP contribution in [-0.4, -0.2) is 55.3 Å². The third-order valence-corrected chi connectivity index (χ3v) is 4.34. The highest BCUT2D eigenvalue weighted by Gasteiger charge is 2.24. The Morgan fingerprint density at radius 3 is 2.48 bits per heavy atom. The Hall–Kier alpha value is -1.88. The maximum absolute atomic E-state index is 12.6. The van der Waals surface area contributed by atoms with Gasteiger partial charge in [-0.25, -0.2) is 0 Å². The number of nitrogens with zero attached hydrogens (tertiary/aromatic N) is 2. The van der Waals surface area contributed by atoms with Crippen LogP contribution in [0, 0.1) is 6.92 Å². The van der Waals surface area contributed by atoms with Crippen LogP contribution in [0.2, 0.25) is 0 Å². The zero-order valence-electron chi connectivity index (χ0n) is 14.3. The molecule has 0 unspecified atom stereocenters. The van der Waals surface area contributed by atoms with Crippen LogP contribution in [0.5, 0.6) is 0 Å². The zero-order valence-corrected chi connectivity index (χ0v) is 14.3. The number of likely N-dealkylation sites (N-methyl/N-ethyl adjacent to an activating group) is 1. The molecule has 2 rings (SSSR count). The molecule has 0 aromatic heterocycles. The molecule has 126 valence electrons. The Kier molecular flexibility index (Phi) is 6.16. The van der Waals surface area contributed by atoms with Crippen LogP contribution in [0.1, 0.15) is 36.4 Å². The smallest absolute Gasteiger partial charge is 0.241 e. The van der Waals surface area contributed by atoms with Crippen LogP contribution in [-0.2, 0) is 9.59 Å². The summed E-state index contributed by atoms with van der Waals surface area (Å²) in [6.45, 7) is 4.12. The van der Waals surface area contributed by atoms with Gasteiger partial charge in [-0.1, -0.05) is 24.3 Å². The van der Waals surface area contributed by atoms with Gasteiger partial charge in [0, 0.05) is 26.1 Å². The molecule has 0 radical (unpaired) electrons. The average Bonchev–Trinajstić information content (AvgIpc) is 3.03. The summed E-state index contributed by atoms with van der Waals surface area (Å²) in [6.07, 6.45) is 2.56. The van der Waals surface area contributed by atoms with Crippen LogP contribution in [0.15, 0.2) is 24.3 Å². The molecule has 0 spiro atoms. The lowest BCUT2D eigenvalue weighted by atomic mass is 10.00. The number of nitrogens with one attached hydrogen (secondary N) is 1. The fraction of sp³-hybridized carbons (Fsp3) is 0.556. The number of hydrogen-bond acceptors (Lipinski definition) is 3. The van der Waals surface area contributed by atoms with Crippen molar-refractivity contribution in [3.8, 4) is 0 Å². The Labute approximate surface area is 138 Å². The van der Waals surface area contributed by atoms with Gasteiger partial charge in [-0.2, -0.15) is 0 Å². The topological polar surface area (TPSA) is 52.7 Å². The second-order valence-electron chi connectivity index (χ2n) is 6.35. The summed E-state index contributed by atoms with van der Waals surface area (Å²) in [5, 5.41) is 2.92. The Morgan fingerprint density at radius 2 is 1.87 bits per heavy atom. The minimum absolute atomic E-state index is 0.0569. The van der Waals surface area contributed by atoms with Gasteiger partial charge in [0.1, 0.15) is 6.04 Å². The van der Waals surface area contributed by atoms with E-state index in [0.717, 1.165) is 37.1 Å². The largest absolute Gasteiger partial charge is 0.354 e. The van der Waals surface area contributed by atoms with Crippen molar-refractivity contribution in [1.29, 1.82) is 0 Å². The maximum atomic E-state index is 12.6. The lowest BCUT2D eigenvalue weighted by Gasteiger charge is -2.25. The van der Waals surface area contributed by atoms with Crippen molar-refractivity contribution in [3.05, 3.63) is 35.4 Å². The van der Waals surface area contributed by atoms with Crippen LogP contribution < -0.4 is 5.32 Å². The molecule has 1 aromatic rings. The predicted molar refractivity (Wildman–Crippen MR) is 91.0 cm³/mol. The molecule has 1 heterocycles. The Morgan fingerprint density at radius 1 is 1.22 bits per heavy atom. The van der Waals surface area contributed by atoms with E-state index < -0.39 is 0 Å². The third-order valence-electron chi connectivity index (χ3n) is 4.34. The van der Waals surface area contributed by atoms with Crippen LogP contribution >= 0.6 is 0 Å². The van der Waals surface area contributed by atoms with Gasteiger partial charge in [0.15, 0.2) is 0 Å². The quantitative estimate of drug-likeness (QED) is 0.869. The first-order valence-corrected chi connectivity index (χ1v) is 8.28. The normalized spacial score (nSPS) is 15.7. The van der Waals surface area contributed by atoms with Gasteiger partial charge in [-0.15, -0.1) is 0 Å². The monoisotopic (exact) mass is 317 g/mol. The van der Waals surface area contributed by atoms with E-state index in [1.54, 1.807) is 0 Å². The summed E-state index contributed by atoms with van der Waals surface area (Å²) in [7, 11) is 3.79. The summed E-state index contributed by atoms with van der Waals surface area (Å²) in [5.41, 5.74) is 2.09. The van der Waals surface area contributed by atoms with Gasteiger partial charge >= 0.3 is 0 Å². The molecular weight excluding hydrogens is 290 g/mol. The Bertz CT molecular complexity index is 551. The highest BCUT2D eigenvalue weighted by Crippen LogP contribution is 2.21. The molecule has 0 aliphatic carbocycles. The van der Waals surface area contributed by atoms with Gasteiger partial charge in [-0.05, 0) is 45.0 Å². The lowest BCUT2D eigenvalue weighted by Crippen LogP contribution is -2.39. The second kappa shape index (κ2) is 8.11. The van der Waals surface area contributed by atoms with Crippen molar-refractivity contribution < 1.29 is 9.59 Å². The number of amides is 2. The number of aryl methyl sites for hydroxylation is 1. The van der Waals surface area contributed by atoms with E-state index in [-0.39, 0.29) is 17.9 Å². The van der Waals surface area contributed by atoms with Crippen molar-refractivity contribution in [1.82, 2.24) is 15.1 Å². The molecule has 5 heteroatoms. The molecule has 0 saturated carbocycles. The van der Waals surface area contributed by atoms with Crippen LogP contribution in [0.4, 0.5) is 0 Å². The summed E-state index contributed by atoms with van der Waals surface area (Å²) in [5.74, 6) is 0.0821. The Balaban J connectivity index is 1.91.